The fourth-order valence-electron chi connectivity index (χ4n) is 2.13. The highest BCUT2D eigenvalue weighted by molar-refractivity contribution is 5.78. The standard InChI is InChI=1S/C19H20O4/c1-14(18(20)22-16-9-5-3-6-10-16)13-15(2)19(21)23-17-11-7-4-8-12-17/h3-12,14-15H,13H2,1-2H3. The average Bonchev–Trinajstić information content (AvgIpc) is 2.56. The van der Waals surface area contributed by atoms with E-state index < -0.39 is 11.8 Å². The second-order valence-corrected chi connectivity index (χ2v) is 5.51. The first-order valence-corrected chi connectivity index (χ1v) is 7.59. The maximum Gasteiger partial charge on any atom is 0.314 e. The molecule has 4 heteroatoms. The first kappa shape index (κ1) is 16.7. The van der Waals surface area contributed by atoms with Gasteiger partial charge in [-0.25, -0.2) is 0 Å². The van der Waals surface area contributed by atoms with Crippen molar-refractivity contribution in [2.24, 2.45) is 11.8 Å². The summed E-state index contributed by atoms with van der Waals surface area (Å²) < 4.78 is 10.6. The lowest BCUT2D eigenvalue weighted by molar-refractivity contribution is -0.142. The minimum absolute atomic E-state index is 0.351. The van der Waals surface area contributed by atoms with Crippen molar-refractivity contribution in [1.29, 1.82) is 0 Å². The van der Waals surface area contributed by atoms with E-state index in [1.165, 1.54) is 0 Å². The zero-order valence-corrected chi connectivity index (χ0v) is 13.3. The van der Waals surface area contributed by atoms with Crippen molar-refractivity contribution in [3.05, 3.63) is 60.7 Å². The predicted octanol–water partition coefficient (Wildman–Crippen LogP) is 3.86. The molecule has 0 N–H and O–H groups in total. The minimum atomic E-state index is -0.395. The summed E-state index contributed by atoms with van der Waals surface area (Å²) in [7, 11) is 0. The lowest BCUT2D eigenvalue weighted by Gasteiger charge is -2.15. The van der Waals surface area contributed by atoms with Crippen LogP contribution < -0.4 is 9.47 Å². The van der Waals surface area contributed by atoms with Gasteiger partial charge in [0.15, 0.2) is 0 Å². The van der Waals surface area contributed by atoms with Gasteiger partial charge in [0.25, 0.3) is 0 Å². The van der Waals surface area contributed by atoms with E-state index in [0.29, 0.717) is 17.9 Å². The van der Waals surface area contributed by atoms with Gasteiger partial charge in [0, 0.05) is 0 Å². The van der Waals surface area contributed by atoms with E-state index in [0.717, 1.165) is 0 Å². The fourth-order valence-corrected chi connectivity index (χ4v) is 2.13. The van der Waals surface area contributed by atoms with Gasteiger partial charge in [0.05, 0.1) is 11.8 Å². The Morgan fingerprint density at radius 1 is 0.739 bits per heavy atom. The number of esters is 2. The van der Waals surface area contributed by atoms with E-state index in [1.54, 1.807) is 62.4 Å². The Morgan fingerprint density at radius 2 is 1.09 bits per heavy atom. The Balaban J connectivity index is 1.85. The van der Waals surface area contributed by atoms with E-state index in [-0.39, 0.29) is 11.9 Å². The summed E-state index contributed by atoms with van der Waals surface area (Å²) >= 11 is 0. The highest BCUT2D eigenvalue weighted by atomic mass is 16.5. The van der Waals surface area contributed by atoms with Crippen molar-refractivity contribution in [2.45, 2.75) is 20.3 Å². The smallest absolute Gasteiger partial charge is 0.314 e. The van der Waals surface area contributed by atoms with E-state index in [2.05, 4.69) is 0 Å². The largest absolute Gasteiger partial charge is 0.426 e. The number of para-hydroxylation sites is 2. The molecule has 0 spiro atoms. The third-order valence-corrected chi connectivity index (χ3v) is 3.44. The topological polar surface area (TPSA) is 52.6 Å². The van der Waals surface area contributed by atoms with Gasteiger partial charge in [0.2, 0.25) is 0 Å². The third-order valence-electron chi connectivity index (χ3n) is 3.44. The van der Waals surface area contributed by atoms with Crippen LogP contribution in [-0.2, 0) is 9.59 Å². The van der Waals surface area contributed by atoms with E-state index in [9.17, 15) is 9.59 Å². The Hall–Kier alpha value is -2.62. The van der Waals surface area contributed by atoms with Gasteiger partial charge in [-0.05, 0) is 30.7 Å². The molecular weight excluding hydrogens is 292 g/mol. The number of ether oxygens (including phenoxy) is 2. The van der Waals surface area contributed by atoms with Crippen LogP contribution in [-0.4, -0.2) is 11.9 Å². The van der Waals surface area contributed by atoms with Crippen LogP contribution in [0.2, 0.25) is 0 Å². The summed E-state index contributed by atoms with van der Waals surface area (Å²) in [6, 6.07) is 17.8. The predicted molar refractivity (Wildman–Crippen MR) is 87.1 cm³/mol. The molecule has 2 aromatic rings. The van der Waals surface area contributed by atoms with Crippen molar-refractivity contribution < 1.29 is 19.1 Å². The molecule has 0 aromatic heterocycles. The van der Waals surface area contributed by atoms with Gasteiger partial charge in [0.1, 0.15) is 11.5 Å². The van der Waals surface area contributed by atoms with Gasteiger partial charge < -0.3 is 9.47 Å². The maximum absolute atomic E-state index is 12.1. The number of hydrogen-bond donors (Lipinski definition) is 0. The quantitative estimate of drug-likeness (QED) is 0.600. The molecule has 0 aliphatic carbocycles. The molecule has 0 aliphatic heterocycles. The molecule has 0 saturated heterocycles. The zero-order valence-electron chi connectivity index (χ0n) is 13.3. The van der Waals surface area contributed by atoms with Crippen LogP contribution >= 0.6 is 0 Å². The molecule has 2 aromatic carbocycles. The first-order chi connectivity index (χ1) is 11.1. The minimum Gasteiger partial charge on any atom is -0.426 e. The SMILES string of the molecule is CC(CC(C)C(=O)Oc1ccccc1)C(=O)Oc1ccccc1. The number of rotatable bonds is 6. The van der Waals surface area contributed by atoms with Crippen LogP contribution in [0, 0.1) is 11.8 Å². The summed E-state index contributed by atoms with van der Waals surface area (Å²) in [5, 5.41) is 0. The molecule has 0 heterocycles. The lowest BCUT2D eigenvalue weighted by atomic mass is 9.97. The molecule has 4 nitrogen and oxygen atoms in total. The molecule has 2 rings (SSSR count). The van der Waals surface area contributed by atoms with Crippen LogP contribution in [0.1, 0.15) is 20.3 Å². The highest BCUT2D eigenvalue weighted by Gasteiger charge is 2.23. The van der Waals surface area contributed by atoms with Gasteiger partial charge in [-0.2, -0.15) is 0 Å². The normalized spacial score (nSPS) is 13.0. The monoisotopic (exact) mass is 312 g/mol. The number of carbonyl (C=O) groups is 2. The number of hydrogen-bond acceptors (Lipinski definition) is 4. The lowest BCUT2D eigenvalue weighted by Crippen LogP contribution is -2.25. The molecule has 120 valence electrons. The summed E-state index contributed by atoms with van der Waals surface area (Å²) in [6.07, 6.45) is 0.372. The molecule has 0 saturated carbocycles. The maximum atomic E-state index is 12.1. The van der Waals surface area contributed by atoms with Crippen LogP contribution in [0.3, 0.4) is 0 Å². The summed E-state index contributed by atoms with van der Waals surface area (Å²) in [5.74, 6) is -0.485. The summed E-state index contributed by atoms with van der Waals surface area (Å²) in [5.41, 5.74) is 0. The van der Waals surface area contributed by atoms with Crippen LogP contribution in [0.4, 0.5) is 0 Å². The number of carbonyl (C=O) groups excluding carboxylic acids is 2. The Bertz CT molecular complexity index is 579. The van der Waals surface area contributed by atoms with Crippen molar-refractivity contribution in [2.75, 3.05) is 0 Å². The highest BCUT2D eigenvalue weighted by Crippen LogP contribution is 2.19. The fraction of sp³-hybridized carbons (Fsp3) is 0.263. The van der Waals surface area contributed by atoms with Crippen molar-refractivity contribution in [3.63, 3.8) is 0 Å². The van der Waals surface area contributed by atoms with Gasteiger partial charge in [-0.3, -0.25) is 9.59 Å². The molecule has 0 bridgehead atoms. The molecule has 0 radical (unpaired) electrons. The molecular formula is C19H20O4. The third kappa shape index (κ3) is 5.25. The molecule has 23 heavy (non-hydrogen) atoms. The van der Waals surface area contributed by atoms with Gasteiger partial charge >= 0.3 is 11.9 Å². The zero-order chi connectivity index (χ0) is 16.7. The second kappa shape index (κ2) is 8.13. The van der Waals surface area contributed by atoms with Crippen molar-refractivity contribution in [1.82, 2.24) is 0 Å². The van der Waals surface area contributed by atoms with E-state index in [1.807, 2.05) is 12.1 Å². The van der Waals surface area contributed by atoms with E-state index >= 15 is 0 Å². The van der Waals surface area contributed by atoms with Crippen molar-refractivity contribution >= 4 is 11.9 Å². The Kier molecular flexibility index (Phi) is 5.92. The number of benzene rings is 2. The van der Waals surface area contributed by atoms with Crippen LogP contribution in [0.15, 0.2) is 60.7 Å². The molecule has 0 aliphatic rings. The molecule has 2 unspecified atom stereocenters. The molecule has 0 amide bonds. The second-order valence-electron chi connectivity index (χ2n) is 5.51. The summed E-state index contributed by atoms with van der Waals surface area (Å²) in [4.78, 5) is 24.1. The van der Waals surface area contributed by atoms with Crippen molar-refractivity contribution in [3.8, 4) is 11.5 Å². The Labute approximate surface area is 136 Å². The van der Waals surface area contributed by atoms with Gasteiger partial charge in [-0.15, -0.1) is 0 Å². The molecule has 2 atom stereocenters. The van der Waals surface area contributed by atoms with Crippen LogP contribution in [0.5, 0.6) is 11.5 Å². The first-order valence-electron chi connectivity index (χ1n) is 7.59. The van der Waals surface area contributed by atoms with Gasteiger partial charge in [-0.1, -0.05) is 50.2 Å². The Morgan fingerprint density at radius 3 is 1.43 bits per heavy atom. The average molecular weight is 312 g/mol. The van der Waals surface area contributed by atoms with Crippen LogP contribution in [0.25, 0.3) is 0 Å². The molecule has 0 fully saturated rings. The van der Waals surface area contributed by atoms with E-state index in [4.69, 9.17) is 9.47 Å². The summed E-state index contributed by atoms with van der Waals surface area (Å²) in [6.45, 7) is 3.50.